The number of fused-ring (bicyclic) bond motifs is 1. The Morgan fingerprint density at radius 1 is 1.07 bits per heavy atom. The zero-order valence-corrected chi connectivity index (χ0v) is 18.5. The van der Waals surface area contributed by atoms with Crippen molar-refractivity contribution in [3.8, 4) is 11.6 Å². The molecule has 1 aromatic carbocycles. The third kappa shape index (κ3) is 5.67. The SMILES string of the molecule is CC(C)COc1cccc2onc(OCC3CCN(CCC4CCOCC4)CC3)c12. The van der Waals surface area contributed by atoms with Gasteiger partial charge in [0.2, 0.25) is 0 Å². The zero-order chi connectivity index (χ0) is 20.8. The van der Waals surface area contributed by atoms with Gasteiger partial charge >= 0.3 is 0 Å². The predicted molar refractivity (Wildman–Crippen MR) is 117 cm³/mol. The summed E-state index contributed by atoms with van der Waals surface area (Å²) in [5, 5.41) is 5.02. The highest BCUT2D eigenvalue weighted by atomic mass is 16.5. The Morgan fingerprint density at radius 3 is 2.63 bits per heavy atom. The van der Waals surface area contributed by atoms with Crippen LogP contribution < -0.4 is 9.47 Å². The molecule has 30 heavy (non-hydrogen) atoms. The van der Waals surface area contributed by atoms with E-state index in [-0.39, 0.29) is 0 Å². The maximum Gasteiger partial charge on any atom is 0.265 e. The van der Waals surface area contributed by atoms with E-state index in [4.69, 9.17) is 18.7 Å². The number of aromatic nitrogens is 1. The smallest absolute Gasteiger partial charge is 0.265 e. The molecule has 0 saturated carbocycles. The van der Waals surface area contributed by atoms with Gasteiger partial charge in [0, 0.05) is 13.2 Å². The van der Waals surface area contributed by atoms with E-state index >= 15 is 0 Å². The van der Waals surface area contributed by atoms with Gasteiger partial charge in [0.05, 0.1) is 13.2 Å². The normalized spacial score (nSPS) is 19.6. The molecule has 0 unspecified atom stereocenters. The molecule has 2 saturated heterocycles. The Bertz CT molecular complexity index is 777. The number of nitrogens with zero attached hydrogens (tertiary/aromatic N) is 2. The minimum atomic E-state index is 0.459. The first-order valence-electron chi connectivity index (χ1n) is 11.6. The fourth-order valence-electron chi connectivity index (χ4n) is 4.38. The fourth-order valence-corrected chi connectivity index (χ4v) is 4.38. The van der Waals surface area contributed by atoms with Gasteiger partial charge in [0.1, 0.15) is 11.1 Å². The lowest BCUT2D eigenvalue weighted by molar-refractivity contribution is 0.0571. The Balaban J connectivity index is 1.25. The van der Waals surface area contributed by atoms with E-state index in [2.05, 4.69) is 23.9 Å². The molecular formula is C24H36N2O4. The molecule has 0 N–H and O–H groups in total. The summed E-state index contributed by atoms with van der Waals surface area (Å²) in [6.07, 6.45) is 6.15. The molecule has 0 spiro atoms. The Morgan fingerprint density at radius 2 is 1.87 bits per heavy atom. The minimum absolute atomic E-state index is 0.459. The first-order valence-corrected chi connectivity index (χ1v) is 11.6. The van der Waals surface area contributed by atoms with Crippen LogP contribution in [0.4, 0.5) is 0 Å². The van der Waals surface area contributed by atoms with E-state index in [1.807, 2.05) is 18.2 Å². The highest BCUT2D eigenvalue weighted by Gasteiger charge is 2.23. The summed E-state index contributed by atoms with van der Waals surface area (Å²) in [6, 6.07) is 5.81. The van der Waals surface area contributed by atoms with Gasteiger partial charge in [-0.25, -0.2) is 0 Å². The lowest BCUT2D eigenvalue weighted by Gasteiger charge is -2.33. The summed E-state index contributed by atoms with van der Waals surface area (Å²) >= 11 is 0. The van der Waals surface area contributed by atoms with Crippen LogP contribution in [0.25, 0.3) is 11.0 Å². The van der Waals surface area contributed by atoms with Gasteiger partial charge in [-0.2, -0.15) is 0 Å². The van der Waals surface area contributed by atoms with Crippen LogP contribution in [0, 0.1) is 17.8 Å². The lowest BCUT2D eigenvalue weighted by atomic mass is 9.94. The van der Waals surface area contributed by atoms with E-state index in [1.165, 1.54) is 51.7 Å². The van der Waals surface area contributed by atoms with Crippen LogP contribution in [0.5, 0.6) is 11.6 Å². The Hall–Kier alpha value is -1.79. The average Bonchev–Trinajstić information content (AvgIpc) is 3.20. The van der Waals surface area contributed by atoms with E-state index in [0.29, 0.717) is 36.5 Å². The summed E-state index contributed by atoms with van der Waals surface area (Å²) < 4.78 is 23.0. The van der Waals surface area contributed by atoms with E-state index in [9.17, 15) is 0 Å². The number of piperidine rings is 1. The molecule has 166 valence electrons. The van der Waals surface area contributed by atoms with Crippen molar-refractivity contribution in [2.45, 2.75) is 46.0 Å². The monoisotopic (exact) mass is 416 g/mol. The van der Waals surface area contributed by atoms with Gasteiger partial charge in [-0.1, -0.05) is 19.9 Å². The molecule has 0 aliphatic carbocycles. The first-order chi connectivity index (χ1) is 14.7. The summed E-state index contributed by atoms with van der Waals surface area (Å²) in [5.41, 5.74) is 0.717. The molecule has 0 radical (unpaired) electrons. The Labute approximate surface area is 179 Å². The number of likely N-dealkylation sites (tertiary alicyclic amines) is 1. The molecule has 2 aliphatic rings. The molecule has 6 heteroatoms. The highest BCUT2D eigenvalue weighted by Crippen LogP contribution is 2.34. The number of ether oxygens (including phenoxy) is 3. The fraction of sp³-hybridized carbons (Fsp3) is 0.708. The van der Waals surface area contributed by atoms with Crippen molar-refractivity contribution >= 4 is 11.0 Å². The minimum Gasteiger partial charge on any atom is -0.492 e. The molecular weight excluding hydrogens is 380 g/mol. The number of rotatable bonds is 9. The quantitative estimate of drug-likeness (QED) is 0.587. The van der Waals surface area contributed by atoms with Crippen molar-refractivity contribution in [1.29, 1.82) is 0 Å². The summed E-state index contributed by atoms with van der Waals surface area (Å²) in [6.45, 7) is 11.1. The van der Waals surface area contributed by atoms with Crippen molar-refractivity contribution in [2.75, 3.05) is 46.1 Å². The number of benzene rings is 1. The largest absolute Gasteiger partial charge is 0.492 e. The number of hydrogen-bond acceptors (Lipinski definition) is 6. The first kappa shape index (κ1) is 21.4. The van der Waals surface area contributed by atoms with Crippen LogP contribution in [0.3, 0.4) is 0 Å². The average molecular weight is 417 g/mol. The molecule has 2 fully saturated rings. The lowest BCUT2D eigenvalue weighted by Crippen LogP contribution is -2.37. The number of hydrogen-bond donors (Lipinski definition) is 0. The third-order valence-corrected chi connectivity index (χ3v) is 6.36. The molecule has 4 rings (SSSR count). The van der Waals surface area contributed by atoms with Crippen molar-refractivity contribution in [3.05, 3.63) is 18.2 Å². The van der Waals surface area contributed by atoms with E-state index in [0.717, 1.165) is 30.3 Å². The third-order valence-electron chi connectivity index (χ3n) is 6.36. The second-order valence-corrected chi connectivity index (χ2v) is 9.26. The topological polar surface area (TPSA) is 57.0 Å². The van der Waals surface area contributed by atoms with Crippen LogP contribution in [0.1, 0.15) is 46.0 Å². The summed E-state index contributed by atoms with van der Waals surface area (Å²) in [5.74, 6) is 3.24. The van der Waals surface area contributed by atoms with Gasteiger partial charge < -0.3 is 23.6 Å². The van der Waals surface area contributed by atoms with Gasteiger partial charge in [-0.05, 0) is 86.8 Å². The molecule has 2 aliphatic heterocycles. The maximum absolute atomic E-state index is 6.12. The van der Waals surface area contributed by atoms with Gasteiger partial charge in [0.15, 0.2) is 5.58 Å². The van der Waals surface area contributed by atoms with Crippen LogP contribution in [-0.4, -0.2) is 56.1 Å². The van der Waals surface area contributed by atoms with Gasteiger partial charge in [0.25, 0.3) is 5.88 Å². The van der Waals surface area contributed by atoms with Crippen LogP contribution in [-0.2, 0) is 4.74 Å². The summed E-state index contributed by atoms with van der Waals surface area (Å²) in [7, 11) is 0. The molecule has 0 bridgehead atoms. The Kier molecular flexibility index (Phi) is 7.50. The van der Waals surface area contributed by atoms with Crippen LogP contribution >= 0.6 is 0 Å². The zero-order valence-electron chi connectivity index (χ0n) is 18.5. The van der Waals surface area contributed by atoms with Gasteiger partial charge in [-0.15, -0.1) is 0 Å². The van der Waals surface area contributed by atoms with E-state index in [1.54, 1.807) is 0 Å². The van der Waals surface area contributed by atoms with Crippen molar-refractivity contribution in [1.82, 2.24) is 10.1 Å². The highest BCUT2D eigenvalue weighted by molar-refractivity contribution is 5.88. The molecule has 6 nitrogen and oxygen atoms in total. The standard InChI is InChI=1S/C24H36N2O4/c1-18(2)16-28-21-4-3-5-22-23(21)24(25-30-22)29-17-20-7-12-26(13-8-20)11-6-19-9-14-27-15-10-19/h3-5,18-20H,6-17H2,1-2H3. The molecule has 3 heterocycles. The second kappa shape index (κ2) is 10.5. The summed E-state index contributed by atoms with van der Waals surface area (Å²) in [4.78, 5) is 2.62. The van der Waals surface area contributed by atoms with E-state index < -0.39 is 0 Å². The molecule has 0 amide bonds. The van der Waals surface area contributed by atoms with Crippen LogP contribution in [0.2, 0.25) is 0 Å². The van der Waals surface area contributed by atoms with Crippen molar-refractivity contribution in [3.63, 3.8) is 0 Å². The molecule has 2 aromatic rings. The van der Waals surface area contributed by atoms with Crippen molar-refractivity contribution in [2.24, 2.45) is 17.8 Å². The molecule has 0 atom stereocenters. The predicted octanol–water partition coefficient (Wildman–Crippen LogP) is 4.77. The molecule has 1 aromatic heterocycles. The second-order valence-electron chi connectivity index (χ2n) is 9.26. The van der Waals surface area contributed by atoms with Crippen LogP contribution in [0.15, 0.2) is 22.7 Å². The van der Waals surface area contributed by atoms with Gasteiger partial charge in [-0.3, -0.25) is 0 Å². The maximum atomic E-state index is 6.12. The van der Waals surface area contributed by atoms with Crippen molar-refractivity contribution < 1.29 is 18.7 Å².